The van der Waals surface area contributed by atoms with E-state index < -0.39 is 0 Å². The summed E-state index contributed by atoms with van der Waals surface area (Å²) in [7, 11) is 0. The predicted molar refractivity (Wildman–Crippen MR) is 70.7 cm³/mol. The van der Waals surface area contributed by atoms with E-state index in [9.17, 15) is 0 Å². The molecule has 2 unspecified atom stereocenters. The molecule has 1 fully saturated rings. The highest BCUT2D eigenvalue weighted by Crippen LogP contribution is 2.22. The number of anilines is 1. The third kappa shape index (κ3) is 3.33. The summed E-state index contributed by atoms with van der Waals surface area (Å²) < 4.78 is 5.67. The monoisotopic (exact) mass is 254 g/mol. The van der Waals surface area contributed by atoms with E-state index in [2.05, 4.69) is 17.2 Å². The van der Waals surface area contributed by atoms with Crippen LogP contribution >= 0.6 is 11.6 Å². The summed E-state index contributed by atoms with van der Waals surface area (Å²) in [6.07, 6.45) is 3.59. The number of nitrogens with one attached hydrogen (secondary N) is 1. The third-order valence-corrected chi connectivity index (χ3v) is 3.44. The van der Waals surface area contributed by atoms with Gasteiger partial charge in [-0.25, -0.2) is 4.98 Å². The molecule has 0 amide bonds. The molecule has 1 aliphatic rings. The van der Waals surface area contributed by atoms with Crippen LogP contribution < -0.4 is 5.32 Å². The first-order valence-electron chi connectivity index (χ1n) is 6.20. The van der Waals surface area contributed by atoms with Gasteiger partial charge in [-0.05, 0) is 38.3 Å². The van der Waals surface area contributed by atoms with Crippen LogP contribution in [0.1, 0.15) is 31.9 Å². The van der Waals surface area contributed by atoms with Crippen LogP contribution in [0.3, 0.4) is 0 Å². The second-order valence-electron chi connectivity index (χ2n) is 4.53. The molecule has 0 aliphatic carbocycles. The van der Waals surface area contributed by atoms with E-state index in [-0.39, 0.29) is 0 Å². The summed E-state index contributed by atoms with van der Waals surface area (Å²) in [4.78, 5) is 4.25. The lowest BCUT2D eigenvalue weighted by molar-refractivity contribution is 0.00924. The van der Waals surface area contributed by atoms with Gasteiger partial charge in [0.05, 0.1) is 17.5 Å². The van der Waals surface area contributed by atoms with Crippen molar-refractivity contribution >= 4 is 17.3 Å². The van der Waals surface area contributed by atoms with E-state index in [4.69, 9.17) is 16.3 Å². The average Bonchev–Trinajstić information content (AvgIpc) is 2.33. The Bertz CT molecular complexity index is 384. The number of rotatable bonds is 3. The number of hydrogen-bond acceptors (Lipinski definition) is 3. The zero-order valence-electron chi connectivity index (χ0n) is 10.4. The molecule has 2 atom stereocenters. The fourth-order valence-electron chi connectivity index (χ4n) is 2.20. The maximum atomic E-state index is 5.85. The van der Waals surface area contributed by atoms with Gasteiger partial charge in [-0.1, -0.05) is 18.5 Å². The van der Waals surface area contributed by atoms with E-state index in [0.717, 1.165) is 37.3 Å². The van der Waals surface area contributed by atoms with Crippen molar-refractivity contribution in [2.75, 3.05) is 11.9 Å². The van der Waals surface area contributed by atoms with E-state index >= 15 is 0 Å². The Morgan fingerprint density at radius 1 is 1.53 bits per heavy atom. The molecular weight excluding hydrogens is 236 g/mol. The smallest absolute Gasteiger partial charge is 0.129 e. The summed E-state index contributed by atoms with van der Waals surface area (Å²) in [6.45, 7) is 4.99. The zero-order valence-corrected chi connectivity index (χ0v) is 11.1. The highest BCUT2D eigenvalue weighted by Gasteiger charge is 2.21. The van der Waals surface area contributed by atoms with E-state index in [1.165, 1.54) is 0 Å². The van der Waals surface area contributed by atoms with Gasteiger partial charge in [-0.15, -0.1) is 0 Å². The van der Waals surface area contributed by atoms with Crippen molar-refractivity contribution < 1.29 is 4.74 Å². The van der Waals surface area contributed by atoms with Gasteiger partial charge in [0.15, 0.2) is 0 Å². The number of pyridine rings is 1. The molecule has 1 aliphatic heterocycles. The minimum Gasteiger partial charge on any atom is -0.381 e. The van der Waals surface area contributed by atoms with Gasteiger partial charge in [0.1, 0.15) is 5.15 Å². The Morgan fingerprint density at radius 2 is 2.35 bits per heavy atom. The van der Waals surface area contributed by atoms with Crippen LogP contribution in [-0.4, -0.2) is 23.7 Å². The SMILES string of the molecule is CCC1CC(Nc2ccc(Cl)nc2C)CCO1. The van der Waals surface area contributed by atoms with Gasteiger partial charge in [0.25, 0.3) is 0 Å². The fourth-order valence-corrected chi connectivity index (χ4v) is 2.39. The minimum atomic E-state index is 0.391. The first kappa shape index (κ1) is 12.7. The van der Waals surface area contributed by atoms with Crippen molar-refractivity contribution in [3.63, 3.8) is 0 Å². The Morgan fingerprint density at radius 3 is 3.06 bits per heavy atom. The minimum absolute atomic E-state index is 0.391. The number of ether oxygens (including phenoxy) is 1. The van der Waals surface area contributed by atoms with Gasteiger partial charge >= 0.3 is 0 Å². The topological polar surface area (TPSA) is 34.2 Å². The second kappa shape index (κ2) is 5.69. The maximum Gasteiger partial charge on any atom is 0.129 e. The molecule has 4 heteroatoms. The Balaban J connectivity index is 2.00. The molecule has 2 heterocycles. The highest BCUT2D eigenvalue weighted by molar-refractivity contribution is 6.29. The van der Waals surface area contributed by atoms with Crippen LogP contribution in [0.2, 0.25) is 5.15 Å². The average molecular weight is 255 g/mol. The molecule has 0 radical (unpaired) electrons. The summed E-state index contributed by atoms with van der Waals surface area (Å²) in [5, 5.41) is 4.09. The first-order chi connectivity index (χ1) is 8.19. The molecule has 94 valence electrons. The number of nitrogens with zero attached hydrogens (tertiary/aromatic N) is 1. The van der Waals surface area contributed by atoms with Crippen molar-refractivity contribution in [2.24, 2.45) is 0 Å². The molecule has 1 aromatic heterocycles. The molecule has 3 nitrogen and oxygen atoms in total. The molecule has 0 saturated carbocycles. The van der Waals surface area contributed by atoms with Crippen molar-refractivity contribution in [1.29, 1.82) is 0 Å². The Labute approximate surface area is 108 Å². The standard InChI is InChI=1S/C13H19ClN2O/c1-3-11-8-10(6-7-17-11)16-12-4-5-13(14)15-9(12)2/h4-5,10-11,16H,3,6-8H2,1-2H3. The largest absolute Gasteiger partial charge is 0.381 e. The molecule has 1 N–H and O–H groups in total. The quantitative estimate of drug-likeness (QED) is 0.840. The van der Waals surface area contributed by atoms with Crippen molar-refractivity contribution in [1.82, 2.24) is 4.98 Å². The van der Waals surface area contributed by atoms with Crippen LogP contribution in [0.5, 0.6) is 0 Å². The van der Waals surface area contributed by atoms with Gasteiger partial charge in [0, 0.05) is 12.6 Å². The van der Waals surface area contributed by atoms with Crippen LogP contribution in [0.25, 0.3) is 0 Å². The number of aromatic nitrogens is 1. The molecule has 1 aromatic rings. The lowest BCUT2D eigenvalue weighted by Crippen LogP contribution is -2.33. The second-order valence-corrected chi connectivity index (χ2v) is 4.92. The molecule has 1 saturated heterocycles. The predicted octanol–water partition coefficient (Wildman–Crippen LogP) is 3.41. The lowest BCUT2D eigenvalue weighted by Gasteiger charge is -2.30. The third-order valence-electron chi connectivity index (χ3n) is 3.23. The van der Waals surface area contributed by atoms with Gasteiger partial charge < -0.3 is 10.1 Å². The Kier molecular flexibility index (Phi) is 4.24. The molecule has 0 bridgehead atoms. The van der Waals surface area contributed by atoms with Gasteiger partial charge in [-0.2, -0.15) is 0 Å². The summed E-state index contributed by atoms with van der Waals surface area (Å²) >= 11 is 5.85. The summed E-state index contributed by atoms with van der Waals surface area (Å²) in [6, 6.07) is 4.31. The first-order valence-corrected chi connectivity index (χ1v) is 6.58. The molecule has 17 heavy (non-hydrogen) atoms. The lowest BCUT2D eigenvalue weighted by atomic mass is 10.0. The van der Waals surface area contributed by atoms with E-state index in [0.29, 0.717) is 17.3 Å². The van der Waals surface area contributed by atoms with Gasteiger partial charge in [0.2, 0.25) is 0 Å². The van der Waals surface area contributed by atoms with Crippen LogP contribution in [-0.2, 0) is 4.74 Å². The molecular formula is C13H19ClN2O. The fraction of sp³-hybridized carbons (Fsp3) is 0.615. The van der Waals surface area contributed by atoms with Crippen molar-refractivity contribution in [2.45, 2.75) is 45.3 Å². The number of hydrogen-bond donors (Lipinski definition) is 1. The molecule has 0 spiro atoms. The highest BCUT2D eigenvalue weighted by atomic mass is 35.5. The van der Waals surface area contributed by atoms with Crippen molar-refractivity contribution in [3.8, 4) is 0 Å². The van der Waals surface area contributed by atoms with E-state index in [1.807, 2.05) is 19.1 Å². The summed E-state index contributed by atoms with van der Waals surface area (Å²) in [5.74, 6) is 0. The maximum absolute atomic E-state index is 5.85. The molecule has 2 rings (SSSR count). The van der Waals surface area contributed by atoms with Crippen molar-refractivity contribution in [3.05, 3.63) is 23.0 Å². The van der Waals surface area contributed by atoms with Crippen LogP contribution in [0.15, 0.2) is 12.1 Å². The Hall–Kier alpha value is -0.800. The normalized spacial score (nSPS) is 24.6. The van der Waals surface area contributed by atoms with Crippen LogP contribution in [0, 0.1) is 6.92 Å². The van der Waals surface area contributed by atoms with Gasteiger partial charge in [-0.3, -0.25) is 0 Å². The zero-order chi connectivity index (χ0) is 12.3. The van der Waals surface area contributed by atoms with E-state index in [1.54, 1.807) is 0 Å². The molecule has 0 aromatic carbocycles. The summed E-state index contributed by atoms with van der Waals surface area (Å²) in [5.41, 5.74) is 2.04. The number of halogens is 1. The van der Waals surface area contributed by atoms with Crippen LogP contribution in [0.4, 0.5) is 5.69 Å². The number of aryl methyl sites for hydroxylation is 1.